The van der Waals surface area contributed by atoms with E-state index >= 15 is 0 Å². The maximum absolute atomic E-state index is 13.5. The first kappa shape index (κ1) is 13.0. The van der Waals surface area contributed by atoms with Gasteiger partial charge in [-0.1, -0.05) is 0 Å². The van der Waals surface area contributed by atoms with Gasteiger partial charge in [0.05, 0.1) is 12.3 Å². The average molecular weight is 254 g/mol. The molecule has 0 spiro atoms. The minimum absolute atomic E-state index is 0.237. The monoisotopic (exact) mass is 254 g/mol. The van der Waals surface area contributed by atoms with Crippen LogP contribution < -0.4 is 10.6 Å². The summed E-state index contributed by atoms with van der Waals surface area (Å²) in [6.07, 6.45) is 3.28. The maximum Gasteiger partial charge on any atom is 0.224 e. The highest BCUT2D eigenvalue weighted by molar-refractivity contribution is 5.42. The van der Waals surface area contributed by atoms with Gasteiger partial charge in [0.25, 0.3) is 0 Å². The van der Waals surface area contributed by atoms with Crippen molar-refractivity contribution in [2.75, 3.05) is 23.8 Å². The summed E-state index contributed by atoms with van der Waals surface area (Å²) in [5, 5.41) is 6.05. The van der Waals surface area contributed by atoms with Crippen LogP contribution in [-0.4, -0.2) is 35.3 Å². The van der Waals surface area contributed by atoms with Crippen LogP contribution in [0.25, 0.3) is 0 Å². The molecule has 100 valence electrons. The summed E-state index contributed by atoms with van der Waals surface area (Å²) in [7, 11) is 0. The number of halogens is 1. The number of nitrogens with zero attached hydrogens (tertiary/aromatic N) is 2. The molecule has 6 heteroatoms. The van der Waals surface area contributed by atoms with Crippen molar-refractivity contribution in [1.82, 2.24) is 9.97 Å². The van der Waals surface area contributed by atoms with Crippen LogP contribution >= 0.6 is 0 Å². The summed E-state index contributed by atoms with van der Waals surface area (Å²) < 4.78 is 19.0. The average Bonchev–Trinajstić information content (AvgIpc) is 2.31. The Morgan fingerprint density at radius 3 is 2.89 bits per heavy atom. The molecule has 18 heavy (non-hydrogen) atoms. The van der Waals surface area contributed by atoms with Crippen molar-refractivity contribution in [1.29, 1.82) is 0 Å². The van der Waals surface area contributed by atoms with Gasteiger partial charge in [-0.2, -0.15) is 4.98 Å². The smallest absolute Gasteiger partial charge is 0.224 e. The number of hydrogen-bond acceptors (Lipinski definition) is 5. The van der Waals surface area contributed by atoms with Crippen molar-refractivity contribution in [3.8, 4) is 0 Å². The Bertz CT molecular complexity index is 396. The summed E-state index contributed by atoms with van der Waals surface area (Å²) >= 11 is 0. The van der Waals surface area contributed by atoms with E-state index in [4.69, 9.17) is 4.74 Å². The molecule has 1 aromatic heterocycles. The third-order valence-electron chi connectivity index (χ3n) is 2.92. The summed E-state index contributed by atoms with van der Waals surface area (Å²) in [6, 6.07) is 0.237. The molecule has 0 saturated heterocycles. The van der Waals surface area contributed by atoms with Crippen molar-refractivity contribution in [2.24, 2.45) is 0 Å². The highest BCUT2D eigenvalue weighted by Crippen LogP contribution is 2.27. The second-order valence-corrected chi connectivity index (χ2v) is 4.31. The fourth-order valence-corrected chi connectivity index (χ4v) is 1.96. The molecule has 1 fully saturated rings. The van der Waals surface area contributed by atoms with Crippen LogP contribution in [0.5, 0.6) is 0 Å². The van der Waals surface area contributed by atoms with Crippen molar-refractivity contribution in [3.05, 3.63) is 12.0 Å². The largest absolute Gasteiger partial charge is 0.378 e. The number of rotatable bonds is 6. The summed E-state index contributed by atoms with van der Waals surface area (Å²) in [5.41, 5.74) is 0. The molecule has 1 aliphatic carbocycles. The number of nitrogens with one attached hydrogen (secondary N) is 2. The van der Waals surface area contributed by atoms with E-state index in [0.29, 0.717) is 18.6 Å². The van der Waals surface area contributed by atoms with Crippen molar-refractivity contribution in [2.45, 2.75) is 38.8 Å². The van der Waals surface area contributed by atoms with E-state index in [1.54, 1.807) is 0 Å². The molecule has 0 bridgehead atoms. The van der Waals surface area contributed by atoms with E-state index in [0.717, 1.165) is 19.4 Å². The number of ether oxygens (including phenoxy) is 1. The fourth-order valence-electron chi connectivity index (χ4n) is 1.96. The second-order valence-electron chi connectivity index (χ2n) is 4.31. The maximum atomic E-state index is 13.5. The Morgan fingerprint density at radius 2 is 2.22 bits per heavy atom. The van der Waals surface area contributed by atoms with E-state index in [-0.39, 0.29) is 11.9 Å². The highest BCUT2D eigenvalue weighted by atomic mass is 19.1. The Labute approximate surface area is 106 Å². The molecule has 2 N–H and O–H groups in total. The van der Waals surface area contributed by atoms with E-state index in [1.165, 1.54) is 6.20 Å². The van der Waals surface area contributed by atoms with Gasteiger partial charge in [0.1, 0.15) is 0 Å². The molecular formula is C12H19FN4O. The number of anilines is 2. The van der Waals surface area contributed by atoms with Crippen LogP contribution in [0.15, 0.2) is 6.20 Å². The van der Waals surface area contributed by atoms with Gasteiger partial charge in [0.15, 0.2) is 11.6 Å². The molecule has 0 atom stereocenters. The molecular weight excluding hydrogens is 235 g/mol. The Kier molecular flexibility index (Phi) is 4.30. The predicted molar refractivity (Wildman–Crippen MR) is 68.2 cm³/mol. The van der Waals surface area contributed by atoms with Crippen LogP contribution in [0, 0.1) is 5.82 Å². The Balaban J connectivity index is 1.91. The molecule has 1 aromatic rings. The minimum Gasteiger partial charge on any atom is -0.378 e. The van der Waals surface area contributed by atoms with Crippen molar-refractivity contribution in [3.63, 3.8) is 0 Å². The lowest BCUT2D eigenvalue weighted by molar-refractivity contribution is 0.00286. The zero-order valence-corrected chi connectivity index (χ0v) is 10.7. The quantitative estimate of drug-likeness (QED) is 0.813. The lowest BCUT2D eigenvalue weighted by atomic mass is 9.89. The van der Waals surface area contributed by atoms with E-state index in [9.17, 15) is 4.39 Å². The van der Waals surface area contributed by atoms with Crippen LogP contribution in [0.3, 0.4) is 0 Å². The van der Waals surface area contributed by atoms with Gasteiger partial charge in [0, 0.05) is 19.2 Å². The van der Waals surface area contributed by atoms with Crippen LogP contribution in [0.2, 0.25) is 0 Å². The molecule has 2 rings (SSSR count). The second kappa shape index (κ2) is 5.95. The first-order valence-corrected chi connectivity index (χ1v) is 6.37. The van der Waals surface area contributed by atoms with Gasteiger partial charge in [-0.25, -0.2) is 9.37 Å². The van der Waals surface area contributed by atoms with Gasteiger partial charge in [-0.15, -0.1) is 0 Å². The molecule has 0 radical (unpaired) electrons. The molecule has 0 unspecified atom stereocenters. The van der Waals surface area contributed by atoms with Gasteiger partial charge in [0.2, 0.25) is 5.95 Å². The summed E-state index contributed by atoms with van der Waals surface area (Å²) in [6.45, 7) is 5.36. The molecule has 0 aromatic carbocycles. The molecule has 1 heterocycles. The standard InChI is InChI=1S/C12H19FN4O/c1-3-14-12-15-7-10(13)11(17-12)16-8-5-9(6-8)18-4-2/h7-9H,3-6H2,1-2H3,(H2,14,15,16,17). The zero-order chi connectivity index (χ0) is 13.0. The third-order valence-corrected chi connectivity index (χ3v) is 2.92. The molecule has 1 aliphatic rings. The highest BCUT2D eigenvalue weighted by Gasteiger charge is 2.30. The van der Waals surface area contributed by atoms with E-state index in [1.807, 2.05) is 13.8 Å². The fraction of sp³-hybridized carbons (Fsp3) is 0.667. The van der Waals surface area contributed by atoms with Crippen molar-refractivity contribution < 1.29 is 9.13 Å². The van der Waals surface area contributed by atoms with Gasteiger partial charge >= 0.3 is 0 Å². The molecule has 0 aliphatic heterocycles. The topological polar surface area (TPSA) is 59.1 Å². The first-order chi connectivity index (χ1) is 8.72. The SMILES string of the molecule is CCNc1ncc(F)c(NC2CC(OCC)C2)n1. The normalized spacial score (nSPS) is 22.4. The summed E-state index contributed by atoms with van der Waals surface area (Å²) in [5.74, 6) is 0.291. The Morgan fingerprint density at radius 1 is 1.44 bits per heavy atom. The van der Waals surface area contributed by atoms with Crippen molar-refractivity contribution >= 4 is 11.8 Å². The van der Waals surface area contributed by atoms with Crippen LogP contribution in [0.1, 0.15) is 26.7 Å². The van der Waals surface area contributed by atoms with Crippen LogP contribution in [0.4, 0.5) is 16.2 Å². The zero-order valence-electron chi connectivity index (χ0n) is 10.7. The first-order valence-electron chi connectivity index (χ1n) is 6.37. The molecule has 1 saturated carbocycles. The Hall–Kier alpha value is -1.43. The van der Waals surface area contributed by atoms with Gasteiger partial charge < -0.3 is 15.4 Å². The van der Waals surface area contributed by atoms with E-state index in [2.05, 4.69) is 20.6 Å². The van der Waals surface area contributed by atoms with Crippen LogP contribution in [-0.2, 0) is 4.74 Å². The predicted octanol–water partition coefficient (Wildman–Crippen LogP) is 2.03. The lowest BCUT2D eigenvalue weighted by Gasteiger charge is -2.35. The molecule has 0 amide bonds. The minimum atomic E-state index is -0.420. The number of hydrogen-bond donors (Lipinski definition) is 2. The summed E-state index contributed by atoms with van der Waals surface area (Å²) in [4.78, 5) is 7.97. The van der Waals surface area contributed by atoms with Gasteiger partial charge in [-0.05, 0) is 26.7 Å². The van der Waals surface area contributed by atoms with Gasteiger partial charge in [-0.3, -0.25) is 0 Å². The van der Waals surface area contributed by atoms with E-state index < -0.39 is 5.82 Å². The number of aromatic nitrogens is 2. The third kappa shape index (κ3) is 3.07. The lowest BCUT2D eigenvalue weighted by Crippen LogP contribution is -2.41. The molecule has 5 nitrogen and oxygen atoms in total.